The van der Waals surface area contributed by atoms with Crippen molar-refractivity contribution in [3.05, 3.63) is 12.2 Å². The highest BCUT2D eigenvalue weighted by Crippen LogP contribution is 2.04. The number of allylic oxidation sites excluding steroid dienone is 2. The maximum absolute atomic E-state index is 11.4. The molecular formula is C17H33BrN2O. The topological polar surface area (TPSA) is 41.1 Å². The van der Waals surface area contributed by atoms with Crippen LogP contribution in [-0.4, -0.2) is 24.5 Å². The highest BCUT2D eigenvalue weighted by Gasteiger charge is 1.97. The quantitative estimate of drug-likeness (QED) is 0.250. The fourth-order valence-corrected chi connectivity index (χ4v) is 2.39. The average molecular weight is 361 g/mol. The summed E-state index contributed by atoms with van der Waals surface area (Å²) in [5.41, 5.74) is 0. The van der Waals surface area contributed by atoms with Crippen molar-refractivity contribution >= 4 is 22.0 Å². The van der Waals surface area contributed by atoms with Gasteiger partial charge < -0.3 is 10.6 Å². The second-order valence-corrected chi connectivity index (χ2v) is 6.19. The maximum atomic E-state index is 11.4. The van der Waals surface area contributed by atoms with Crippen molar-refractivity contribution in [2.24, 2.45) is 0 Å². The second kappa shape index (κ2) is 17.5. The molecule has 0 bridgehead atoms. The van der Waals surface area contributed by atoms with Gasteiger partial charge >= 0.3 is 6.03 Å². The molecule has 0 heterocycles. The molecule has 0 spiro atoms. The molecule has 0 aliphatic heterocycles. The van der Waals surface area contributed by atoms with Crippen LogP contribution in [0.25, 0.3) is 0 Å². The number of nitrogens with one attached hydrogen (secondary N) is 2. The molecule has 0 atom stereocenters. The largest absolute Gasteiger partial charge is 0.338 e. The van der Waals surface area contributed by atoms with Crippen molar-refractivity contribution < 1.29 is 4.79 Å². The Morgan fingerprint density at radius 1 is 0.857 bits per heavy atom. The first-order valence-electron chi connectivity index (χ1n) is 8.54. The molecule has 0 fully saturated rings. The van der Waals surface area contributed by atoms with E-state index in [1.807, 2.05) is 0 Å². The molecule has 0 saturated heterocycles. The van der Waals surface area contributed by atoms with Crippen molar-refractivity contribution in [3.8, 4) is 0 Å². The number of carbonyl (C=O) groups is 1. The van der Waals surface area contributed by atoms with E-state index >= 15 is 0 Å². The number of unbranched alkanes of at least 4 members (excludes halogenated alkanes) is 7. The van der Waals surface area contributed by atoms with E-state index in [-0.39, 0.29) is 6.03 Å². The molecule has 0 aliphatic carbocycles. The molecule has 124 valence electrons. The summed E-state index contributed by atoms with van der Waals surface area (Å²) in [6, 6.07) is -0.0200. The summed E-state index contributed by atoms with van der Waals surface area (Å²) in [6.45, 7) is 3.73. The zero-order valence-electron chi connectivity index (χ0n) is 13.6. The third-order valence-corrected chi connectivity index (χ3v) is 3.88. The van der Waals surface area contributed by atoms with Crippen LogP contribution in [-0.2, 0) is 0 Å². The van der Waals surface area contributed by atoms with Crippen LogP contribution in [0.2, 0.25) is 0 Å². The SMILES string of the molecule is CCCCCNC(=O)NCCCCC=CCCCCCBr. The molecule has 0 saturated carbocycles. The molecule has 0 aromatic carbocycles. The lowest BCUT2D eigenvalue weighted by Gasteiger charge is -2.06. The van der Waals surface area contributed by atoms with Gasteiger partial charge in [0.25, 0.3) is 0 Å². The smallest absolute Gasteiger partial charge is 0.314 e. The van der Waals surface area contributed by atoms with E-state index in [1.165, 1.54) is 38.5 Å². The number of carbonyl (C=O) groups excluding carboxylic acids is 1. The summed E-state index contributed by atoms with van der Waals surface area (Å²) in [4.78, 5) is 11.4. The summed E-state index contributed by atoms with van der Waals surface area (Å²) in [7, 11) is 0. The number of rotatable bonds is 14. The first-order chi connectivity index (χ1) is 10.3. The van der Waals surface area contributed by atoms with Crippen LogP contribution in [0.15, 0.2) is 12.2 Å². The van der Waals surface area contributed by atoms with Crippen LogP contribution >= 0.6 is 15.9 Å². The second-order valence-electron chi connectivity index (χ2n) is 5.40. The van der Waals surface area contributed by atoms with Gasteiger partial charge in [-0.1, -0.05) is 54.3 Å². The van der Waals surface area contributed by atoms with Gasteiger partial charge in [-0.25, -0.2) is 4.79 Å². The minimum Gasteiger partial charge on any atom is -0.338 e. The number of hydrogen-bond acceptors (Lipinski definition) is 1. The van der Waals surface area contributed by atoms with Crippen LogP contribution in [0, 0.1) is 0 Å². The molecule has 0 rings (SSSR count). The van der Waals surface area contributed by atoms with Gasteiger partial charge in [0.1, 0.15) is 0 Å². The van der Waals surface area contributed by atoms with E-state index in [2.05, 4.69) is 45.6 Å². The van der Waals surface area contributed by atoms with Crippen molar-refractivity contribution in [2.75, 3.05) is 18.4 Å². The number of hydrogen-bond donors (Lipinski definition) is 2. The normalized spacial score (nSPS) is 11.0. The van der Waals surface area contributed by atoms with E-state index in [1.54, 1.807) is 0 Å². The summed E-state index contributed by atoms with van der Waals surface area (Å²) in [6.07, 6.45) is 16.4. The standard InChI is InChI=1S/C17H33BrN2O/c1-2-3-12-15-19-17(21)20-16-13-10-8-6-4-5-7-9-11-14-18/h4,6H,2-3,5,7-16H2,1H3,(H2,19,20,21). The lowest BCUT2D eigenvalue weighted by atomic mass is 10.1. The Kier molecular flexibility index (Phi) is 17.1. The highest BCUT2D eigenvalue weighted by molar-refractivity contribution is 9.09. The molecule has 2 N–H and O–H groups in total. The summed E-state index contributed by atoms with van der Waals surface area (Å²) in [5, 5.41) is 6.91. The fourth-order valence-electron chi connectivity index (χ4n) is 2.00. The van der Waals surface area contributed by atoms with Gasteiger partial charge in [0.15, 0.2) is 0 Å². The van der Waals surface area contributed by atoms with Gasteiger partial charge in [-0.2, -0.15) is 0 Å². The van der Waals surface area contributed by atoms with Crippen LogP contribution in [0.4, 0.5) is 4.79 Å². The molecular weight excluding hydrogens is 328 g/mol. The number of amides is 2. The van der Waals surface area contributed by atoms with E-state index in [9.17, 15) is 4.79 Å². The summed E-state index contributed by atoms with van der Waals surface area (Å²) >= 11 is 3.45. The Labute approximate surface area is 139 Å². The van der Waals surface area contributed by atoms with Gasteiger partial charge in [-0.15, -0.1) is 0 Å². The molecule has 0 aromatic heterocycles. The Bertz CT molecular complexity index is 257. The van der Waals surface area contributed by atoms with Gasteiger partial charge in [-0.3, -0.25) is 0 Å². The zero-order valence-corrected chi connectivity index (χ0v) is 15.2. The molecule has 3 nitrogen and oxygen atoms in total. The summed E-state index contributed by atoms with van der Waals surface area (Å²) < 4.78 is 0. The van der Waals surface area contributed by atoms with E-state index in [4.69, 9.17) is 0 Å². The minimum atomic E-state index is -0.0200. The van der Waals surface area contributed by atoms with Gasteiger partial charge in [0, 0.05) is 18.4 Å². The zero-order chi connectivity index (χ0) is 15.6. The Hall–Kier alpha value is -0.510. The molecule has 21 heavy (non-hydrogen) atoms. The van der Waals surface area contributed by atoms with E-state index in [0.717, 1.165) is 44.1 Å². The number of alkyl halides is 1. The van der Waals surface area contributed by atoms with Crippen molar-refractivity contribution in [1.29, 1.82) is 0 Å². The van der Waals surface area contributed by atoms with Crippen molar-refractivity contribution in [3.63, 3.8) is 0 Å². The Morgan fingerprint density at radius 3 is 2.00 bits per heavy atom. The lowest BCUT2D eigenvalue weighted by molar-refractivity contribution is 0.240. The Balaban J connectivity index is 3.20. The number of halogens is 1. The summed E-state index contributed by atoms with van der Waals surface area (Å²) in [5.74, 6) is 0. The third kappa shape index (κ3) is 17.4. The van der Waals surface area contributed by atoms with Gasteiger partial charge in [0.05, 0.1) is 0 Å². The predicted octanol–water partition coefficient (Wildman–Crippen LogP) is 5.16. The van der Waals surface area contributed by atoms with Gasteiger partial charge in [0.2, 0.25) is 0 Å². The lowest BCUT2D eigenvalue weighted by Crippen LogP contribution is -2.36. The first kappa shape index (κ1) is 20.5. The molecule has 0 radical (unpaired) electrons. The minimum absolute atomic E-state index is 0.0200. The van der Waals surface area contributed by atoms with Gasteiger partial charge in [-0.05, 0) is 44.9 Å². The first-order valence-corrected chi connectivity index (χ1v) is 9.66. The third-order valence-electron chi connectivity index (χ3n) is 3.32. The van der Waals surface area contributed by atoms with Crippen LogP contribution < -0.4 is 10.6 Å². The molecule has 0 aliphatic rings. The van der Waals surface area contributed by atoms with Crippen LogP contribution in [0.5, 0.6) is 0 Å². The average Bonchev–Trinajstić information content (AvgIpc) is 2.49. The maximum Gasteiger partial charge on any atom is 0.314 e. The molecule has 2 amide bonds. The van der Waals surface area contributed by atoms with E-state index in [0.29, 0.717) is 0 Å². The van der Waals surface area contributed by atoms with Crippen molar-refractivity contribution in [2.45, 2.75) is 71.1 Å². The van der Waals surface area contributed by atoms with Crippen LogP contribution in [0.1, 0.15) is 71.1 Å². The number of urea groups is 1. The molecule has 0 aromatic rings. The highest BCUT2D eigenvalue weighted by atomic mass is 79.9. The molecule has 4 heteroatoms. The van der Waals surface area contributed by atoms with E-state index < -0.39 is 0 Å². The van der Waals surface area contributed by atoms with Crippen molar-refractivity contribution in [1.82, 2.24) is 10.6 Å². The predicted molar refractivity (Wildman–Crippen MR) is 96.2 cm³/mol. The van der Waals surface area contributed by atoms with Crippen LogP contribution in [0.3, 0.4) is 0 Å². The monoisotopic (exact) mass is 360 g/mol. The molecule has 0 unspecified atom stereocenters. The Morgan fingerprint density at radius 2 is 1.43 bits per heavy atom. The fraction of sp³-hybridized carbons (Fsp3) is 0.824.